The molecule has 0 fully saturated rings. The third-order valence-corrected chi connectivity index (χ3v) is 1.86. The van der Waals surface area contributed by atoms with Crippen LogP contribution in [0.2, 0.25) is 0 Å². The van der Waals surface area contributed by atoms with Gasteiger partial charge in [-0.25, -0.2) is 9.97 Å². The highest BCUT2D eigenvalue weighted by Crippen LogP contribution is 2.13. The maximum Gasteiger partial charge on any atom is 0.116 e. The summed E-state index contributed by atoms with van der Waals surface area (Å²) in [4.78, 5) is 8.08. The van der Waals surface area contributed by atoms with E-state index in [9.17, 15) is 0 Å². The lowest BCUT2D eigenvalue weighted by Crippen LogP contribution is -1.97. The lowest BCUT2D eigenvalue weighted by Gasteiger charge is -2.00. The van der Waals surface area contributed by atoms with Crippen LogP contribution in [-0.4, -0.2) is 9.97 Å². The second-order valence-corrected chi connectivity index (χ2v) is 2.58. The topological polar surface area (TPSA) is 51.8 Å². The Bertz CT molecular complexity index is 397. The standard InChI is InChI=1S/C9H9N3.ClH/c10-4-7-2-1-3-9-8(7)5-11-6-12-9;/h1-3,5-6H,4,10H2;1H. The molecule has 0 atom stereocenters. The largest absolute Gasteiger partial charge is 0.326 e. The van der Waals surface area contributed by atoms with Gasteiger partial charge in [-0.05, 0) is 11.6 Å². The van der Waals surface area contributed by atoms with Gasteiger partial charge in [0.15, 0.2) is 0 Å². The summed E-state index contributed by atoms with van der Waals surface area (Å²) in [5, 5.41) is 1.04. The maximum absolute atomic E-state index is 5.56. The van der Waals surface area contributed by atoms with E-state index in [-0.39, 0.29) is 12.4 Å². The van der Waals surface area contributed by atoms with Crippen molar-refractivity contribution in [1.29, 1.82) is 0 Å². The Morgan fingerprint density at radius 2 is 2.15 bits per heavy atom. The third-order valence-electron chi connectivity index (χ3n) is 1.86. The van der Waals surface area contributed by atoms with Crippen LogP contribution in [0.5, 0.6) is 0 Å². The maximum atomic E-state index is 5.56. The molecule has 0 saturated heterocycles. The van der Waals surface area contributed by atoms with Crippen LogP contribution in [-0.2, 0) is 6.54 Å². The van der Waals surface area contributed by atoms with Crippen LogP contribution in [0.3, 0.4) is 0 Å². The molecule has 13 heavy (non-hydrogen) atoms. The van der Waals surface area contributed by atoms with E-state index in [1.807, 2.05) is 18.2 Å². The van der Waals surface area contributed by atoms with E-state index in [2.05, 4.69) is 9.97 Å². The van der Waals surface area contributed by atoms with Crippen molar-refractivity contribution in [3.8, 4) is 0 Å². The van der Waals surface area contributed by atoms with Crippen LogP contribution in [0, 0.1) is 0 Å². The molecular weight excluding hydrogens is 186 g/mol. The van der Waals surface area contributed by atoms with Crippen molar-refractivity contribution in [3.63, 3.8) is 0 Å². The zero-order chi connectivity index (χ0) is 8.39. The molecule has 2 aromatic rings. The Hall–Kier alpha value is -1.19. The first-order chi connectivity index (χ1) is 5.92. The molecule has 0 aliphatic carbocycles. The smallest absolute Gasteiger partial charge is 0.116 e. The average Bonchev–Trinajstić information content (AvgIpc) is 2.17. The minimum Gasteiger partial charge on any atom is -0.326 e. The van der Waals surface area contributed by atoms with Gasteiger partial charge in [0.25, 0.3) is 0 Å². The van der Waals surface area contributed by atoms with Crippen LogP contribution in [0.25, 0.3) is 10.9 Å². The van der Waals surface area contributed by atoms with Gasteiger partial charge in [0.1, 0.15) is 6.33 Å². The molecule has 68 valence electrons. The summed E-state index contributed by atoms with van der Waals surface area (Å²) in [6, 6.07) is 5.90. The van der Waals surface area contributed by atoms with Gasteiger partial charge >= 0.3 is 0 Å². The summed E-state index contributed by atoms with van der Waals surface area (Å²) in [7, 11) is 0. The Balaban J connectivity index is 0.000000845. The van der Waals surface area contributed by atoms with Gasteiger partial charge < -0.3 is 5.73 Å². The highest BCUT2D eigenvalue weighted by Gasteiger charge is 1.97. The first-order valence-corrected chi connectivity index (χ1v) is 3.79. The summed E-state index contributed by atoms with van der Waals surface area (Å²) >= 11 is 0. The average molecular weight is 196 g/mol. The number of aromatic nitrogens is 2. The molecule has 1 aromatic heterocycles. The number of nitrogens with two attached hydrogens (primary N) is 1. The Morgan fingerprint density at radius 3 is 2.92 bits per heavy atom. The van der Waals surface area contributed by atoms with E-state index in [4.69, 9.17) is 5.73 Å². The van der Waals surface area contributed by atoms with Crippen molar-refractivity contribution in [2.24, 2.45) is 5.73 Å². The molecule has 4 heteroatoms. The van der Waals surface area contributed by atoms with Gasteiger partial charge in [0, 0.05) is 18.1 Å². The van der Waals surface area contributed by atoms with E-state index in [1.165, 1.54) is 0 Å². The number of nitrogens with zero attached hydrogens (tertiary/aromatic N) is 2. The van der Waals surface area contributed by atoms with Crippen molar-refractivity contribution in [1.82, 2.24) is 9.97 Å². The molecule has 2 N–H and O–H groups in total. The van der Waals surface area contributed by atoms with Crippen LogP contribution in [0.15, 0.2) is 30.7 Å². The number of hydrogen-bond acceptors (Lipinski definition) is 3. The monoisotopic (exact) mass is 195 g/mol. The van der Waals surface area contributed by atoms with Crippen molar-refractivity contribution in [3.05, 3.63) is 36.3 Å². The van der Waals surface area contributed by atoms with Crippen molar-refractivity contribution >= 4 is 23.3 Å². The van der Waals surface area contributed by atoms with Gasteiger partial charge in [-0.3, -0.25) is 0 Å². The zero-order valence-electron chi connectivity index (χ0n) is 6.97. The third kappa shape index (κ3) is 1.76. The number of rotatable bonds is 1. The van der Waals surface area contributed by atoms with Crippen LogP contribution >= 0.6 is 12.4 Å². The summed E-state index contributed by atoms with van der Waals surface area (Å²) < 4.78 is 0. The Kier molecular flexibility index (Phi) is 3.17. The second-order valence-electron chi connectivity index (χ2n) is 2.58. The molecule has 2 rings (SSSR count). The minimum atomic E-state index is 0. The van der Waals surface area contributed by atoms with E-state index in [1.54, 1.807) is 12.5 Å². The van der Waals surface area contributed by atoms with Crippen molar-refractivity contribution < 1.29 is 0 Å². The molecule has 0 aliphatic rings. The van der Waals surface area contributed by atoms with Crippen LogP contribution in [0.4, 0.5) is 0 Å². The van der Waals surface area contributed by atoms with Crippen molar-refractivity contribution in [2.45, 2.75) is 6.54 Å². The van der Waals surface area contributed by atoms with Crippen LogP contribution < -0.4 is 5.73 Å². The molecule has 0 spiro atoms. The summed E-state index contributed by atoms with van der Waals surface area (Å²) in [5.74, 6) is 0. The molecule has 0 unspecified atom stereocenters. The van der Waals surface area contributed by atoms with E-state index >= 15 is 0 Å². The summed E-state index contributed by atoms with van der Waals surface area (Å²) in [5.41, 5.74) is 7.60. The first kappa shape index (κ1) is 9.89. The van der Waals surface area contributed by atoms with Gasteiger partial charge in [-0.2, -0.15) is 0 Å². The lowest BCUT2D eigenvalue weighted by molar-refractivity contribution is 1.08. The number of benzene rings is 1. The molecule has 1 heterocycles. The molecule has 0 radical (unpaired) electrons. The number of hydrogen-bond donors (Lipinski definition) is 1. The minimum absolute atomic E-state index is 0. The summed E-state index contributed by atoms with van der Waals surface area (Å²) in [6.45, 7) is 0.532. The van der Waals surface area contributed by atoms with Crippen molar-refractivity contribution in [2.75, 3.05) is 0 Å². The second kappa shape index (κ2) is 4.16. The Labute approximate surface area is 82.4 Å². The van der Waals surface area contributed by atoms with Crippen LogP contribution in [0.1, 0.15) is 5.56 Å². The van der Waals surface area contributed by atoms with Gasteiger partial charge in [0.2, 0.25) is 0 Å². The molecule has 1 aromatic carbocycles. The van der Waals surface area contributed by atoms with Gasteiger partial charge in [-0.1, -0.05) is 12.1 Å². The molecule has 0 saturated carbocycles. The van der Waals surface area contributed by atoms with Gasteiger partial charge in [0.05, 0.1) is 5.52 Å². The molecule has 0 amide bonds. The SMILES string of the molecule is Cl.NCc1cccc2ncncc12. The highest BCUT2D eigenvalue weighted by molar-refractivity contribution is 5.85. The fourth-order valence-corrected chi connectivity index (χ4v) is 1.24. The molecule has 0 bridgehead atoms. The first-order valence-electron chi connectivity index (χ1n) is 3.79. The van der Waals surface area contributed by atoms with E-state index in [0.717, 1.165) is 16.5 Å². The fraction of sp³-hybridized carbons (Fsp3) is 0.111. The van der Waals surface area contributed by atoms with Gasteiger partial charge in [-0.15, -0.1) is 12.4 Å². The highest BCUT2D eigenvalue weighted by atomic mass is 35.5. The molecular formula is C9H10ClN3. The predicted molar refractivity (Wildman–Crippen MR) is 54.7 cm³/mol. The Morgan fingerprint density at radius 1 is 1.31 bits per heavy atom. The van der Waals surface area contributed by atoms with E-state index < -0.39 is 0 Å². The zero-order valence-corrected chi connectivity index (χ0v) is 7.79. The normalized spacial score (nSPS) is 9.62. The lowest BCUT2D eigenvalue weighted by atomic mass is 10.1. The fourth-order valence-electron chi connectivity index (χ4n) is 1.24. The van der Waals surface area contributed by atoms with E-state index in [0.29, 0.717) is 6.54 Å². The summed E-state index contributed by atoms with van der Waals surface area (Å²) in [6.07, 6.45) is 3.34. The quantitative estimate of drug-likeness (QED) is 0.751. The number of halogens is 1. The molecule has 0 aliphatic heterocycles. The molecule has 3 nitrogen and oxygen atoms in total. The number of fused-ring (bicyclic) bond motifs is 1. The predicted octanol–water partition coefficient (Wildman–Crippen LogP) is 1.51.